The van der Waals surface area contributed by atoms with Gasteiger partial charge < -0.3 is 9.80 Å². The minimum atomic E-state index is -3.76. The van der Waals surface area contributed by atoms with Crippen LogP contribution in [0.25, 0.3) is 0 Å². The molecule has 0 aromatic heterocycles. The summed E-state index contributed by atoms with van der Waals surface area (Å²) in [5.74, 6) is -0.0548. The molecule has 29 heavy (non-hydrogen) atoms. The molecule has 2 aromatic rings. The highest BCUT2D eigenvalue weighted by Crippen LogP contribution is 2.38. The van der Waals surface area contributed by atoms with Gasteiger partial charge in [-0.25, -0.2) is 8.42 Å². The summed E-state index contributed by atoms with van der Waals surface area (Å²) in [6, 6.07) is 14.4. The molecule has 7 heteroatoms. The van der Waals surface area contributed by atoms with Crippen molar-refractivity contribution in [3.05, 3.63) is 59.7 Å². The molecule has 1 amide bonds. The maximum absolute atomic E-state index is 13.5. The molecule has 0 bridgehead atoms. The monoisotopic (exact) mass is 415 g/mol. The second-order valence-electron chi connectivity index (χ2n) is 7.75. The van der Waals surface area contributed by atoms with Gasteiger partial charge in [0.2, 0.25) is 15.9 Å². The Balaban J connectivity index is 2.09. The normalized spacial score (nSPS) is 20.1. The Bertz CT molecular complexity index is 969. The van der Waals surface area contributed by atoms with Crippen molar-refractivity contribution in [2.45, 2.75) is 44.3 Å². The fourth-order valence-electron chi connectivity index (χ4n) is 3.74. The van der Waals surface area contributed by atoms with Gasteiger partial charge in [0.05, 0.1) is 4.90 Å². The van der Waals surface area contributed by atoms with E-state index in [0.717, 1.165) is 16.8 Å². The van der Waals surface area contributed by atoms with Crippen LogP contribution in [-0.2, 0) is 14.8 Å². The van der Waals surface area contributed by atoms with Gasteiger partial charge in [0.1, 0.15) is 6.17 Å². The van der Waals surface area contributed by atoms with Crippen molar-refractivity contribution < 1.29 is 13.2 Å². The summed E-state index contributed by atoms with van der Waals surface area (Å²) in [5.41, 5.74) is 2.80. The molecule has 1 aliphatic rings. The zero-order valence-corrected chi connectivity index (χ0v) is 18.5. The molecule has 0 saturated carbocycles. The molecule has 0 radical (unpaired) electrons. The molecule has 1 aliphatic heterocycles. The topological polar surface area (TPSA) is 60.9 Å². The third-order valence-electron chi connectivity index (χ3n) is 5.38. The molecule has 1 heterocycles. The summed E-state index contributed by atoms with van der Waals surface area (Å²) >= 11 is 0. The van der Waals surface area contributed by atoms with Crippen LogP contribution < -0.4 is 4.90 Å². The Morgan fingerprint density at radius 1 is 1.07 bits per heavy atom. The lowest BCUT2D eigenvalue weighted by atomic mass is 10.1. The van der Waals surface area contributed by atoms with E-state index >= 15 is 0 Å². The highest BCUT2D eigenvalue weighted by atomic mass is 32.2. The maximum atomic E-state index is 13.5. The molecule has 156 valence electrons. The van der Waals surface area contributed by atoms with Gasteiger partial charge in [-0.15, -0.1) is 0 Å². The van der Waals surface area contributed by atoms with Crippen molar-refractivity contribution >= 4 is 21.6 Å². The van der Waals surface area contributed by atoms with Gasteiger partial charge in [0.15, 0.2) is 0 Å². The number of hydrogen-bond acceptors (Lipinski definition) is 4. The third-order valence-corrected chi connectivity index (χ3v) is 7.22. The van der Waals surface area contributed by atoms with E-state index in [9.17, 15) is 13.2 Å². The predicted octanol–water partition coefficient (Wildman–Crippen LogP) is 3.39. The quantitative estimate of drug-likeness (QED) is 0.751. The Kier molecular flexibility index (Phi) is 6.00. The standard InChI is InChI=1S/C22H29N3O3S/c1-6-21(26)25-17(3)15-24(29(27,28)20-13-7-16(2)8-14-20)22(25)18-9-11-19(12-10-18)23(4)5/h7-14,17,22H,6,15H2,1-5H3/t17-,22+/m1/s1. The van der Waals surface area contributed by atoms with Gasteiger partial charge in [-0.1, -0.05) is 36.8 Å². The summed E-state index contributed by atoms with van der Waals surface area (Å²) in [4.78, 5) is 16.7. The summed E-state index contributed by atoms with van der Waals surface area (Å²) in [6.07, 6.45) is -0.324. The molecule has 6 nitrogen and oxygen atoms in total. The number of aryl methyl sites for hydroxylation is 1. The van der Waals surface area contributed by atoms with Crippen molar-refractivity contribution in [1.29, 1.82) is 0 Å². The Hall–Kier alpha value is -2.38. The number of benzene rings is 2. The van der Waals surface area contributed by atoms with E-state index in [-0.39, 0.29) is 23.4 Å². The minimum Gasteiger partial charge on any atom is -0.378 e. The zero-order valence-electron chi connectivity index (χ0n) is 17.7. The van der Waals surface area contributed by atoms with E-state index < -0.39 is 16.2 Å². The first kappa shape index (κ1) is 21.3. The van der Waals surface area contributed by atoms with Gasteiger partial charge in [-0.3, -0.25) is 4.79 Å². The second kappa shape index (κ2) is 8.16. The van der Waals surface area contributed by atoms with Gasteiger partial charge in [0, 0.05) is 38.8 Å². The minimum absolute atomic E-state index is 0.0548. The fourth-order valence-corrected chi connectivity index (χ4v) is 5.39. The number of carbonyl (C=O) groups is 1. The molecule has 0 spiro atoms. The van der Waals surface area contributed by atoms with Crippen molar-refractivity contribution in [2.24, 2.45) is 0 Å². The lowest BCUT2D eigenvalue weighted by Gasteiger charge is -2.31. The molecule has 0 unspecified atom stereocenters. The van der Waals surface area contributed by atoms with Crippen LogP contribution in [0.2, 0.25) is 0 Å². The van der Waals surface area contributed by atoms with E-state index in [1.165, 1.54) is 4.31 Å². The van der Waals surface area contributed by atoms with Gasteiger partial charge in [-0.05, 0) is 43.7 Å². The summed E-state index contributed by atoms with van der Waals surface area (Å²) in [5, 5.41) is 0. The maximum Gasteiger partial charge on any atom is 0.245 e. The van der Waals surface area contributed by atoms with Crippen molar-refractivity contribution in [2.75, 3.05) is 25.5 Å². The van der Waals surface area contributed by atoms with Crippen LogP contribution in [0.1, 0.15) is 37.6 Å². The lowest BCUT2D eigenvalue weighted by molar-refractivity contribution is -0.134. The first-order valence-corrected chi connectivity index (χ1v) is 11.3. The molecule has 0 N–H and O–H groups in total. The van der Waals surface area contributed by atoms with Crippen LogP contribution in [0, 0.1) is 6.92 Å². The van der Waals surface area contributed by atoms with E-state index in [4.69, 9.17) is 0 Å². The average molecular weight is 416 g/mol. The van der Waals surface area contributed by atoms with Gasteiger partial charge in [0.25, 0.3) is 0 Å². The van der Waals surface area contributed by atoms with Gasteiger partial charge >= 0.3 is 0 Å². The van der Waals surface area contributed by atoms with Gasteiger partial charge in [-0.2, -0.15) is 4.31 Å². The molecular weight excluding hydrogens is 386 g/mol. The van der Waals surface area contributed by atoms with Crippen molar-refractivity contribution in [1.82, 2.24) is 9.21 Å². The number of nitrogens with zero attached hydrogens (tertiary/aromatic N) is 3. The molecule has 2 aromatic carbocycles. The largest absolute Gasteiger partial charge is 0.378 e. The summed E-state index contributed by atoms with van der Waals surface area (Å²) in [7, 11) is 0.146. The highest BCUT2D eigenvalue weighted by Gasteiger charge is 2.46. The molecular formula is C22H29N3O3S. The van der Waals surface area contributed by atoms with Crippen LogP contribution >= 0.6 is 0 Å². The number of amides is 1. The van der Waals surface area contributed by atoms with Crippen LogP contribution in [0.4, 0.5) is 5.69 Å². The Labute approximate surface area is 173 Å². The number of anilines is 1. The first-order valence-electron chi connectivity index (χ1n) is 9.83. The zero-order chi connectivity index (χ0) is 21.3. The molecule has 3 rings (SSSR count). The van der Waals surface area contributed by atoms with Crippen LogP contribution in [0.3, 0.4) is 0 Å². The number of rotatable bonds is 5. The number of sulfonamides is 1. The first-order chi connectivity index (χ1) is 13.7. The van der Waals surface area contributed by atoms with Crippen molar-refractivity contribution in [3.63, 3.8) is 0 Å². The van der Waals surface area contributed by atoms with E-state index in [1.54, 1.807) is 36.1 Å². The van der Waals surface area contributed by atoms with Crippen LogP contribution in [0.5, 0.6) is 0 Å². The van der Waals surface area contributed by atoms with E-state index in [0.29, 0.717) is 6.42 Å². The second-order valence-corrected chi connectivity index (χ2v) is 9.64. The van der Waals surface area contributed by atoms with Crippen molar-refractivity contribution in [3.8, 4) is 0 Å². The number of hydrogen-bond donors (Lipinski definition) is 0. The fraction of sp³-hybridized carbons (Fsp3) is 0.409. The summed E-state index contributed by atoms with van der Waals surface area (Å²) in [6.45, 7) is 5.89. The summed E-state index contributed by atoms with van der Waals surface area (Å²) < 4.78 is 28.4. The third kappa shape index (κ3) is 4.02. The van der Waals surface area contributed by atoms with Crippen LogP contribution in [0.15, 0.2) is 53.4 Å². The highest BCUT2D eigenvalue weighted by molar-refractivity contribution is 7.89. The smallest absolute Gasteiger partial charge is 0.245 e. The SMILES string of the molecule is CCC(=O)N1[C@H](C)CN(S(=O)(=O)c2ccc(C)cc2)[C@@H]1c1ccc(N(C)C)cc1. The molecule has 0 aliphatic carbocycles. The number of carbonyl (C=O) groups excluding carboxylic acids is 1. The Morgan fingerprint density at radius 3 is 2.17 bits per heavy atom. The lowest BCUT2D eigenvalue weighted by Crippen LogP contribution is -2.39. The van der Waals surface area contributed by atoms with E-state index in [1.807, 2.05) is 57.1 Å². The average Bonchev–Trinajstić information content (AvgIpc) is 3.05. The van der Waals surface area contributed by atoms with E-state index in [2.05, 4.69) is 0 Å². The molecule has 1 saturated heterocycles. The molecule has 2 atom stereocenters. The Morgan fingerprint density at radius 2 is 1.66 bits per heavy atom. The molecule has 1 fully saturated rings. The van der Waals surface area contributed by atoms with Crippen LogP contribution in [-0.4, -0.2) is 50.2 Å². The predicted molar refractivity (Wildman–Crippen MR) is 115 cm³/mol.